The molecule has 4 heteroatoms. The summed E-state index contributed by atoms with van der Waals surface area (Å²) < 4.78 is 1.74. The van der Waals surface area contributed by atoms with E-state index in [1.54, 1.807) is 24.4 Å². The van der Waals surface area contributed by atoms with E-state index in [9.17, 15) is 4.79 Å². The Labute approximate surface area is 116 Å². The first-order valence-corrected chi connectivity index (χ1v) is 6.58. The summed E-state index contributed by atoms with van der Waals surface area (Å²) in [6, 6.07) is 9.11. The highest BCUT2D eigenvalue weighted by Crippen LogP contribution is 2.21. The van der Waals surface area contributed by atoms with E-state index in [1.165, 1.54) is 0 Å². The summed E-state index contributed by atoms with van der Waals surface area (Å²) in [5.41, 5.74) is 2.13. The van der Waals surface area contributed by atoms with Gasteiger partial charge in [0.15, 0.2) is 5.78 Å². The molecular weight excluding hydrogens is 346 g/mol. The maximum Gasteiger partial charge on any atom is 0.194 e. The fourth-order valence-electron chi connectivity index (χ4n) is 1.45. The molecular formula is C13H9Br2NO. The zero-order chi connectivity index (χ0) is 12.4. The lowest BCUT2D eigenvalue weighted by Gasteiger charge is -2.03. The van der Waals surface area contributed by atoms with Gasteiger partial charge in [0.2, 0.25) is 0 Å². The minimum Gasteiger partial charge on any atom is -0.289 e. The number of carbonyl (C=O) groups is 1. The van der Waals surface area contributed by atoms with Gasteiger partial charge in [-0.1, -0.05) is 31.9 Å². The number of nitrogens with zero attached hydrogens (tertiary/aromatic N) is 1. The molecule has 17 heavy (non-hydrogen) atoms. The molecule has 1 aromatic heterocycles. The lowest BCUT2D eigenvalue weighted by atomic mass is 10.1. The number of pyridine rings is 1. The third-order valence-corrected chi connectivity index (χ3v) is 3.21. The zero-order valence-corrected chi connectivity index (χ0v) is 12.2. The molecule has 0 amide bonds. The van der Waals surface area contributed by atoms with E-state index >= 15 is 0 Å². The Morgan fingerprint density at radius 1 is 1.06 bits per heavy atom. The highest BCUT2D eigenvalue weighted by atomic mass is 79.9. The topological polar surface area (TPSA) is 30.0 Å². The van der Waals surface area contributed by atoms with E-state index in [0.29, 0.717) is 11.1 Å². The molecule has 0 atom stereocenters. The summed E-state index contributed by atoms with van der Waals surface area (Å²) in [4.78, 5) is 16.3. The maximum absolute atomic E-state index is 12.2. The molecule has 0 saturated carbocycles. The second kappa shape index (κ2) is 5.10. The number of hydrogen-bond donors (Lipinski definition) is 0. The van der Waals surface area contributed by atoms with Gasteiger partial charge in [0.1, 0.15) is 0 Å². The molecule has 0 aliphatic rings. The molecule has 0 saturated heterocycles. The van der Waals surface area contributed by atoms with Gasteiger partial charge in [-0.25, -0.2) is 0 Å². The Bertz CT molecular complexity index is 544. The van der Waals surface area contributed by atoms with Crippen molar-refractivity contribution in [3.63, 3.8) is 0 Å². The van der Waals surface area contributed by atoms with Crippen molar-refractivity contribution in [2.45, 2.75) is 6.92 Å². The quantitative estimate of drug-likeness (QED) is 0.758. The average molecular weight is 355 g/mol. The second-order valence-corrected chi connectivity index (χ2v) is 5.51. The van der Waals surface area contributed by atoms with Gasteiger partial charge in [-0.05, 0) is 37.3 Å². The molecule has 0 aliphatic carbocycles. The Kier molecular flexibility index (Phi) is 3.74. The number of halogens is 2. The van der Waals surface area contributed by atoms with Crippen LogP contribution in [-0.4, -0.2) is 10.8 Å². The molecule has 0 spiro atoms. The van der Waals surface area contributed by atoms with Gasteiger partial charge >= 0.3 is 0 Å². The molecule has 86 valence electrons. The molecule has 0 radical (unpaired) electrons. The minimum atomic E-state index is -0.0282. The van der Waals surface area contributed by atoms with Gasteiger partial charge < -0.3 is 0 Å². The van der Waals surface area contributed by atoms with E-state index in [0.717, 1.165) is 14.6 Å². The van der Waals surface area contributed by atoms with Gasteiger partial charge in [0.25, 0.3) is 0 Å². The molecule has 2 nitrogen and oxygen atoms in total. The van der Waals surface area contributed by atoms with Crippen LogP contribution in [0.25, 0.3) is 0 Å². The van der Waals surface area contributed by atoms with Crippen molar-refractivity contribution >= 4 is 37.6 Å². The van der Waals surface area contributed by atoms with E-state index in [2.05, 4.69) is 36.8 Å². The molecule has 0 unspecified atom stereocenters. The fraction of sp³-hybridized carbons (Fsp3) is 0.0769. The van der Waals surface area contributed by atoms with Crippen LogP contribution in [0.1, 0.15) is 21.6 Å². The first-order valence-electron chi connectivity index (χ1n) is 5.00. The van der Waals surface area contributed by atoms with Crippen molar-refractivity contribution in [2.24, 2.45) is 0 Å². The number of aromatic nitrogens is 1. The van der Waals surface area contributed by atoms with Crippen molar-refractivity contribution in [3.05, 3.63) is 62.3 Å². The van der Waals surface area contributed by atoms with Crippen LogP contribution in [0.2, 0.25) is 0 Å². The Morgan fingerprint density at radius 3 is 2.24 bits per heavy atom. The summed E-state index contributed by atoms with van der Waals surface area (Å²) in [7, 11) is 0. The number of aryl methyl sites for hydroxylation is 1. The highest BCUT2D eigenvalue weighted by molar-refractivity contribution is 9.11. The summed E-state index contributed by atoms with van der Waals surface area (Å²) in [5, 5.41) is 0. The Morgan fingerprint density at radius 2 is 1.71 bits per heavy atom. The Hall–Kier alpha value is -1.00. The fourth-order valence-corrected chi connectivity index (χ4v) is 2.75. The van der Waals surface area contributed by atoms with Crippen molar-refractivity contribution in [1.29, 1.82) is 0 Å². The third kappa shape index (κ3) is 3.01. The number of carbonyl (C=O) groups excluding carboxylic acids is 1. The van der Waals surface area contributed by atoms with Crippen LogP contribution in [0.4, 0.5) is 0 Å². The first kappa shape index (κ1) is 12.5. The van der Waals surface area contributed by atoms with Crippen LogP contribution >= 0.6 is 31.9 Å². The van der Waals surface area contributed by atoms with E-state index < -0.39 is 0 Å². The van der Waals surface area contributed by atoms with Crippen molar-refractivity contribution < 1.29 is 4.79 Å². The van der Waals surface area contributed by atoms with Crippen LogP contribution in [0.3, 0.4) is 0 Å². The van der Waals surface area contributed by atoms with E-state index in [-0.39, 0.29) is 5.78 Å². The lowest BCUT2D eigenvalue weighted by Crippen LogP contribution is -2.02. The molecule has 0 bridgehead atoms. The SMILES string of the molecule is Cc1ccc(C(=O)c2cc(Br)cc(Br)c2)cn1. The average Bonchev–Trinajstić information content (AvgIpc) is 2.28. The maximum atomic E-state index is 12.2. The number of benzene rings is 1. The molecule has 0 N–H and O–H groups in total. The van der Waals surface area contributed by atoms with Crippen LogP contribution < -0.4 is 0 Å². The Balaban J connectivity index is 2.40. The van der Waals surface area contributed by atoms with E-state index in [4.69, 9.17) is 0 Å². The lowest BCUT2D eigenvalue weighted by molar-refractivity contribution is 0.103. The predicted octanol–water partition coefficient (Wildman–Crippen LogP) is 4.15. The summed E-state index contributed by atoms with van der Waals surface area (Å²) in [5.74, 6) is -0.0282. The zero-order valence-electron chi connectivity index (χ0n) is 9.08. The van der Waals surface area contributed by atoms with Crippen molar-refractivity contribution in [3.8, 4) is 0 Å². The van der Waals surface area contributed by atoms with E-state index in [1.807, 2.05) is 19.1 Å². The van der Waals surface area contributed by atoms with Gasteiger partial charge in [-0.15, -0.1) is 0 Å². The molecule has 1 heterocycles. The molecule has 2 aromatic rings. The van der Waals surface area contributed by atoms with Gasteiger partial charge in [-0.3, -0.25) is 9.78 Å². The molecule has 0 aliphatic heterocycles. The predicted molar refractivity (Wildman–Crippen MR) is 74.2 cm³/mol. The van der Waals surface area contributed by atoms with Gasteiger partial charge in [-0.2, -0.15) is 0 Å². The standard InChI is InChI=1S/C13H9Br2NO/c1-8-2-3-9(7-16-8)13(17)10-4-11(14)6-12(15)5-10/h2-7H,1H3. The highest BCUT2D eigenvalue weighted by Gasteiger charge is 2.10. The normalized spacial score (nSPS) is 10.3. The monoisotopic (exact) mass is 353 g/mol. The van der Waals surface area contributed by atoms with Crippen LogP contribution in [0.15, 0.2) is 45.5 Å². The summed E-state index contributed by atoms with van der Waals surface area (Å²) in [6.45, 7) is 1.89. The molecule has 2 rings (SSSR count). The largest absolute Gasteiger partial charge is 0.289 e. The van der Waals surface area contributed by atoms with Crippen molar-refractivity contribution in [1.82, 2.24) is 4.98 Å². The first-order chi connectivity index (χ1) is 8.06. The van der Waals surface area contributed by atoms with Crippen LogP contribution in [0, 0.1) is 6.92 Å². The molecule has 0 fully saturated rings. The molecule has 1 aromatic carbocycles. The summed E-state index contributed by atoms with van der Waals surface area (Å²) in [6.07, 6.45) is 1.60. The minimum absolute atomic E-state index is 0.0282. The van der Waals surface area contributed by atoms with Crippen molar-refractivity contribution in [2.75, 3.05) is 0 Å². The smallest absolute Gasteiger partial charge is 0.194 e. The second-order valence-electron chi connectivity index (χ2n) is 3.68. The van der Waals surface area contributed by atoms with Crippen LogP contribution in [0.5, 0.6) is 0 Å². The van der Waals surface area contributed by atoms with Gasteiger partial charge in [0.05, 0.1) is 0 Å². The van der Waals surface area contributed by atoms with Crippen LogP contribution in [-0.2, 0) is 0 Å². The number of ketones is 1. The van der Waals surface area contributed by atoms with Gasteiger partial charge in [0, 0.05) is 32.0 Å². The number of hydrogen-bond acceptors (Lipinski definition) is 2. The summed E-state index contributed by atoms with van der Waals surface area (Å²) >= 11 is 6.74. The third-order valence-electron chi connectivity index (χ3n) is 2.30. The number of rotatable bonds is 2.